The van der Waals surface area contributed by atoms with Crippen molar-refractivity contribution in [2.24, 2.45) is 4.99 Å². The average Bonchev–Trinajstić information content (AvgIpc) is 2.94. The predicted octanol–water partition coefficient (Wildman–Crippen LogP) is 0.977. The average molecular weight is 247 g/mol. The fourth-order valence-electron chi connectivity index (χ4n) is 2.12. The molecular weight excluding hydrogens is 226 g/mol. The van der Waals surface area contributed by atoms with E-state index in [1.807, 2.05) is 13.2 Å². The van der Waals surface area contributed by atoms with Gasteiger partial charge >= 0.3 is 0 Å². The summed E-state index contributed by atoms with van der Waals surface area (Å²) < 4.78 is 0. The SMILES string of the molecule is CN=C(NC)NCc1ccc(N2CCCC2)nc1. The molecule has 5 heteroatoms. The fourth-order valence-corrected chi connectivity index (χ4v) is 2.12. The molecule has 1 aromatic rings. The van der Waals surface area contributed by atoms with E-state index in [2.05, 4.69) is 37.6 Å². The molecule has 2 heterocycles. The summed E-state index contributed by atoms with van der Waals surface area (Å²) in [6.07, 6.45) is 4.50. The highest BCUT2D eigenvalue weighted by molar-refractivity contribution is 5.79. The van der Waals surface area contributed by atoms with Gasteiger partial charge in [-0.05, 0) is 24.5 Å². The molecular formula is C13H21N5. The zero-order chi connectivity index (χ0) is 12.8. The Kier molecular flexibility index (Phi) is 4.39. The first kappa shape index (κ1) is 12.7. The number of pyridine rings is 1. The van der Waals surface area contributed by atoms with E-state index in [0.29, 0.717) is 0 Å². The minimum absolute atomic E-state index is 0.737. The summed E-state index contributed by atoms with van der Waals surface area (Å²) in [5.74, 6) is 1.88. The summed E-state index contributed by atoms with van der Waals surface area (Å²) in [5, 5.41) is 6.20. The summed E-state index contributed by atoms with van der Waals surface area (Å²) >= 11 is 0. The number of anilines is 1. The molecule has 98 valence electrons. The van der Waals surface area contributed by atoms with E-state index in [4.69, 9.17) is 0 Å². The van der Waals surface area contributed by atoms with Crippen LogP contribution >= 0.6 is 0 Å². The van der Waals surface area contributed by atoms with Gasteiger partial charge < -0.3 is 15.5 Å². The van der Waals surface area contributed by atoms with Crippen molar-refractivity contribution in [1.82, 2.24) is 15.6 Å². The number of hydrogen-bond acceptors (Lipinski definition) is 3. The molecule has 1 fully saturated rings. The molecule has 0 spiro atoms. The molecule has 0 aliphatic carbocycles. The van der Waals surface area contributed by atoms with Gasteiger partial charge in [0, 0.05) is 39.9 Å². The summed E-state index contributed by atoms with van der Waals surface area (Å²) in [4.78, 5) is 10.9. The van der Waals surface area contributed by atoms with Gasteiger partial charge in [0.25, 0.3) is 0 Å². The van der Waals surface area contributed by atoms with Crippen molar-refractivity contribution in [3.63, 3.8) is 0 Å². The molecule has 18 heavy (non-hydrogen) atoms. The maximum absolute atomic E-state index is 4.52. The van der Waals surface area contributed by atoms with Crippen LogP contribution in [0.1, 0.15) is 18.4 Å². The lowest BCUT2D eigenvalue weighted by Gasteiger charge is -2.16. The van der Waals surface area contributed by atoms with E-state index < -0.39 is 0 Å². The largest absolute Gasteiger partial charge is 0.359 e. The van der Waals surface area contributed by atoms with Crippen molar-refractivity contribution in [2.45, 2.75) is 19.4 Å². The summed E-state index contributed by atoms with van der Waals surface area (Å²) in [6, 6.07) is 4.22. The van der Waals surface area contributed by atoms with Crippen LogP contribution in [0.3, 0.4) is 0 Å². The molecule has 2 N–H and O–H groups in total. The second kappa shape index (κ2) is 6.23. The van der Waals surface area contributed by atoms with E-state index in [-0.39, 0.29) is 0 Å². The van der Waals surface area contributed by atoms with Crippen molar-refractivity contribution in [2.75, 3.05) is 32.1 Å². The Hall–Kier alpha value is -1.78. The van der Waals surface area contributed by atoms with Crippen LogP contribution in [0, 0.1) is 0 Å². The highest BCUT2D eigenvalue weighted by atomic mass is 15.2. The summed E-state index contributed by atoms with van der Waals surface area (Å²) in [6.45, 7) is 3.01. The second-order valence-electron chi connectivity index (χ2n) is 4.39. The van der Waals surface area contributed by atoms with Crippen LogP contribution in [-0.2, 0) is 6.54 Å². The molecule has 0 saturated carbocycles. The van der Waals surface area contributed by atoms with Gasteiger partial charge in [-0.15, -0.1) is 0 Å². The maximum Gasteiger partial charge on any atom is 0.190 e. The third-order valence-electron chi connectivity index (χ3n) is 3.16. The third kappa shape index (κ3) is 3.12. The molecule has 2 rings (SSSR count). The van der Waals surface area contributed by atoms with Gasteiger partial charge in [0.05, 0.1) is 0 Å². The van der Waals surface area contributed by atoms with Crippen LogP contribution in [0.5, 0.6) is 0 Å². The Morgan fingerprint density at radius 2 is 2.17 bits per heavy atom. The first-order chi connectivity index (χ1) is 8.83. The predicted molar refractivity (Wildman–Crippen MR) is 74.9 cm³/mol. The fraction of sp³-hybridized carbons (Fsp3) is 0.538. The number of aromatic nitrogens is 1. The Bertz CT molecular complexity index is 392. The topological polar surface area (TPSA) is 52.6 Å². The number of nitrogens with one attached hydrogen (secondary N) is 2. The molecule has 1 aliphatic heterocycles. The molecule has 0 amide bonds. The van der Waals surface area contributed by atoms with Crippen molar-refractivity contribution >= 4 is 11.8 Å². The number of rotatable bonds is 3. The van der Waals surface area contributed by atoms with Gasteiger partial charge in [0.2, 0.25) is 0 Å². The lowest BCUT2D eigenvalue weighted by molar-refractivity contribution is 0.856. The van der Waals surface area contributed by atoms with Crippen molar-refractivity contribution in [3.05, 3.63) is 23.9 Å². The zero-order valence-electron chi connectivity index (χ0n) is 11.1. The molecule has 0 radical (unpaired) electrons. The standard InChI is InChI=1S/C13H21N5/c1-14-13(15-2)17-10-11-5-6-12(16-9-11)18-7-3-4-8-18/h5-6,9H,3-4,7-8,10H2,1-2H3,(H2,14,15,17). The number of guanidine groups is 1. The van der Waals surface area contributed by atoms with E-state index in [0.717, 1.165) is 37.0 Å². The Morgan fingerprint density at radius 3 is 2.72 bits per heavy atom. The highest BCUT2D eigenvalue weighted by Gasteiger charge is 2.12. The smallest absolute Gasteiger partial charge is 0.190 e. The maximum atomic E-state index is 4.52. The van der Waals surface area contributed by atoms with Gasteiger partial charge in [-0.25, -0.2) is 4.98 Å². The van der Waals surface area contributed by atoms with Gasteiger partial charge in [0.1, 0.15) is 5.82 Å². The molecule has 0 unspecified atom stereocenters. The molecule has 0 aromatic carbocycles. The molecule has 1 aromatic heterocycles. The van der Waals surface area contributed by atoms with Crippen LogP contribution in [0.2, 0.25) is 0 Å². The first-order valence-corrected chi connectivity index (χ1v) is 6.42. The van der Waals surface area contributed by atoms with Gasteiger partial charge in [-0.3, -0.25) is 4.99 Å². The Balaban J connectivity index is 1.91. The summed E-state index contributed by atoms with van der Waals surface area (Å²) in [5.41, 5.74) is 1.16. The van der Waals surface area contributed by atoms with Crippen molar-refractivity contribution in [1.29, 1.82) is 0 Å². The Morgan fingerprint density at radius 1 is 1.39 bits per heavy atom. The van der Waals surface area contributed by atoms with E-state index >= 15 is 0 Å². The van der Waals surface area contributed by atoms with Crippen LogP contribution in [0.15, 0.2) is 23.3 Å². The van der Waals surface area contributed by atoms with Crippen LogP contribution in [0.25, 0.3) is 0 Å². The number of nitrogens with zero attached hydrogens (tertiary/aromatic N) is 3. The van der Waals surface area contributed by atoms with Gasteiger partial charge in [0.15, 0.2) is 5.96 Å². The van der Waals surface area contributed by atoms with Crippen molar-refractivity contribution < 1.29 is 0 Å². The van der Waals surface area contributed by atoms with Crippen molar-refractivity contribution in [3.8, 4) is 0 Å². The normalized spacial score (nSPS) is 15.9. The van der Waals surface area contributed by atoms with E-state index in [1.165, 1.54) is 12.8 Å². The lowest BCUT2D eigenvalue weighted by atomic mass is 10.3. The lowest BCUT2D eigenvalue weighted by Crippen LogP contribution is -2.34. The summed E-state index contributed by atoms with van der Waals surface area (Å²) in [7, 11) is 3.61. The molecule has 1 aliphatic rings. The molecule has 1 saturated heterocycles. The van der Waals surface area contributed by atoms with Gasteiger partial charge in [-0.1, -0.05) is 6.07 Å². The van der Waals surface area contributed by atoms with Crippen LogP contribution < -0.4 is 15.5 Å². The molecule has 0 bridgehead atoms. The number of aliphatic imine (C=N–C) groups is 1. The highest BCUT2D eigenvalue weighted by Crippen LogP contribution is 2.17. The van der Waals surface area contributed by atoms with Gasteiger partial charge in [-0.2, -0.15) is 0 Å². The van der Waals surface area contributed by atoms with E-state index in [9.17, 15) is 0 Å². The first-order valence-electron chi connectivity index (χ1n) is 6.42. The van der Waals surface area contributed by atoms with Crippen LogP contribution in [-0.4, -0.2) is 38.1 Å². The quantitative estimate of drug-likeness (QED) is 0.617. The monoisotopic (exact) mass is 247 g/mol. The minimum atomic E-state index is 0.737. The second-order valence-corrected chi connectivity index (χ2v) is 4.39. The minimum Gasteiger partial charge on any atom is -0.359 e. The number of hydrogen-bond donors (Lipinski definition) is 2. The molecule has 0 atom stereocenters. The third-order valence-corrected chi connectivity index (χ3v) is 3.16. The van der Waals surface area contributed by atoms with E-state index in [1.54, 1.807) is 7.05 Å². The zero-order valence-corrected chi connectivity index (χ0v) is 11.1. The molecule has 5 nitrogen and oxygen atoms in total. The van der Waals surface area contributed by atoms with Crippen LogP contribution in [0.4, 0.5) is 5.82 Å². The Labute approximate surface area is 108 Å².